The summed E-state index contributed by atoms with van der Waals surface area (Å²) >= 11 is 7.60. The highest BCUT2D eigenvalue weighted by atomic mass is 35.5. The molecule has 168 valence electrons. The van der Waals surface area contributed by atoms with Gasteiger partial charge in [0.2, 0.25) is 5.95 Å². The van der Waals surface area contributed by atoms with E-state index < -0.39 is 0 Å². The zero-order chi connectivity index (χ0) is 21.4. The Labute approximate surface area is 201 Å². The summed E-state index contributed by atoms with van der Waals surface area (Å²) in [6.45, 7) is 2.77. The number of benzene rings is 2. The van der Waals surface area contributed by atoms with Crippen molar-refractivity contribution in [3.63, 3.8) is 0 Å². The number of hydrogen-bond donors (Lipinski definition) is 3. The van der Waals surface area contributed by atoms with Gasteiger partial charge < -0.3 is 20.5 Å². The number of halogens is 2. The Balaban J connectivity index is 0.00000245. The summed E-state index contributed by atoms with van der Waals surface area (Å²) in [5.41, 5.74) is 3.23. The van der Waals surface area contributed by atoms with Crippen LogP contribution in [0.25, 0.3) is 21.3 Å². The summed E-state index contributed by atoms with van der Waals surface area (Å²) in [4.78, 5) is 21.9. The Hall–Kier alpha value is -2.39. The van der Waals surface area contributed by atoms with Crippen LogP contribution in [0.3, 0.4) is 0 Å². The molecule has 32 heavy (non-hydrogen) atoms. The Morgan fingerprint density at radius 1 is 1.19 bits per heavy atom. The maximum atomic E-state index is 12.6. The van der Waals surface area contributed by atoms with E-state index in [1.165, 1.54) is 11.3 Å². The number of nitrogens with zero attached hydrogens (tertiary/aromatic N) is 3. The van der Waals surface area contributed by atoms with Crippen LogP contribution in [0.2, 0.25) is 5.02 Å². The van der Waals surface area contributed by atoms with Crippen LogP contribution in [0.15, 0.2) is 36.4 Å². The molecule has 0 radical (unpaired) electrons. The van der Waals surface area contributed by atoms with Crippen molar-refractivity contribution in [3.8, 4) is 0 Å². The number of thiazole rings is 1. The number of amides is 1. The van der Waals surface area contributed by atoms with Crippen molar-refractivity contribution < 1.29 is 4.79 Å². The highest BCUT2D eigenvalue weighted by Gasteiger charge is 2.16. The molecule has 0 atom stereocenters. The van der Waals surface area contributed by atoms with Crippen LogP contribution in [0, 0.1) is 5.92 Å². The third-order valence-electron chi connectivity index (χ3n) is 5.72. The molecule has 7 nitrogen and oxygen atoms in total. The van der Waals surface area contributed by atoms with Crippen molar-refractivity contribution in [1.82, 2.24) is 25.2 Å². The van der Waals surface area contributed by atoms with E-state index in [9.17, 15) is 4.79 Å². The first-order valence-corrected chi connectivity index (χ1v) is 11.5. The standard InChI is InChI=1S/C22H23ClN6OS.ClH/c1-29-18-5-2-14(20(30)25-12-13-6-8-24-9-7-13)10-17(18)26-21(29)28-22-27-16-4-3-15(23)11-19(16)31-22;/h2-5,10-11,13,24H,6-9,12H2,1H3,(H,25,30)(H,26,27,28);1H. The Morgan fingerprint density at radius 2 is 2.00 bits per heavy atom. The van der Waals surface area contributed by atoms with Crippen LogP contribution in [0.4, 0.5) is 11.1 Å². The molecule has 10 heteroatoms. The van der Waals surface area contributed by atoms with E-state index in [-0.39, 0.29) is 18.3 Å². The largest absolute Gasteiger partial charge is 0.352 e. The number of carbonyl (C=O) groups is 1. The summed E-state index contributed by atoms with van der Waals surface area (Å²) in [6, 6.07) is 11.3. The minimum atomic E-state index is -0.0522. The van der Waals surface area contributed by atoms with Gasteiger partial charge in [0.1, 0.15) is 0 Å². The number of nitrogens with one attached hydrogen (secondary N) is 3. The minimum absolute atomic E-state index is 0. The van der Waals surface area contributed by atoms with Gasteiger partial charge in [0.25, 0.3) is 5.91 Å². The van der Waals surface area contributed by atoms with Gasteiger partial charge in [0.15, 0.2) is 5.13 Å². The van der Waals surface area contributed by atoms with E-state index >= 15 is 0 Å². The predicted molar refractivity (Wildman–Crippen MR) is 134 cm³/mol. The van der Waals surface area contributed by atoms with E-state index in [4.69, 9.17) is 16.6 Å². The van der Waals surface area contributed by atoms with Crippen molar-refractivity contribution in [2.24, 2.45) is 13.0 Å². The van der Waals surface area contributed by atoms with E-state index in [2.05, 4.69) is 20.9 Å². The van der Waals surface area contributed by atoms with Crippen molar-refractivity contribution in [1.29, 1.82) is 0 Å². The lowest BCUT2D eigenvalue weighted by atomic mass is 9.98. The number of aromatic nitrogens is 3. The van der Waals surface area contributed by atoms with Crippen LogP contribution in [0.5, 0.6) is 0 Å². The van der Waals surface area contributed by atoms with Gasteiger partial charge in [-0.25, -0.2) is 9.97 Å². The molecule has 0 spiro atoms. The quantitative estimate of drug-likeness (QED) is 0.376. The van der Waals surface area contributed by atoms with E-state index in [1.54, 1.807) is 0 Å². The van der Waals surface area contributed by atoms with Gasteiger partial charge in [0, 0.05) is 24.2 Å². The number of piperidine rings is 1. The third kappa shape index (κ3) is 4.68. The molecule has 3 heterocycles. The number of hydrogen-bond acceptors (Lipinski definition) is 6. The molecule has 3 N–H and O–H groups in total. The number of carbonyl (C=O) groups excluding carboxylic acids is 1. The van der Waals surface area contributed by atoms with Gasteiger partial charge in [-0.1, -0.05) is 22.9 Å². The molecular weight excluding hydrogens is 467 g/mol. The summed E-state index contributed by atoms with van der Waals surface area (Å²) in [6.07, 6.45) is 2.21. The van der Waals surface area contributed by atoms with Crippen LogP contribution in [-0.4, -0.2) is 40.1 Å². The van der Waals surface area contributed by atoms with Gasteiger partial charge in [-0.15, -0.1) is 12.4 Å². The normalized spacial score (nSPS) is 14.4. The minimum Gasteiger partial charge on any atom is -0.352 e. The molecule has 0 bridgehead atoms. The molecule has 2 aromatic heterocycles. The second-order valence-electron chi connectivity index (χ2n) is 7.86. The summed E-state index contributed by atoms with van der Waals surface area (Å²) < 4.78 is 2.98. The number of anilines is 2. The van der Waals surface area contributed by atoms with Crippen LogP contribution < -0.4 is 16.0 Å². The molecule has 0 aliphatic carbocycles. The van der Waals surface area contributed by atoms with Crippen molar-refractivity contribution in [3.05, 3.63) is 47.0 Å². The lowest BCUT2D eigenvalue weighted by Crippen LogP contribution is -2.35. The first kappa shape index (κ1) is 22.8. The molecule has 4 aromatic rings. The number of imidazole rings is 1. The first-order chi connectivity index (χ1) is 15.1. The average Bonchev–Trinajstić information content (AvgIpc) is 3.32. The fraction of sp³-hybridized carbons (Fsp3) is 0.318. The van der Waals surface area contributed by atoms with Gasteiger partial charge >= 0.3 is 0 Å². The molecule has 1 aliphatic rings. The fourth-order valence-corrected chi connectivity index (χ4v) is 5.06. The van der Waals surface area contributed by atoms with Crippen molar-refractivity contribution in [2.75, 3.05) is 25.0 Å². The van der Waals surface area contributed by atoms with Crippen molar-refractivity contribution >= 4 is 73.6 Å². The van der Waals surface area contributed by atoms with Crippen LogP contribution >= 0.6 is 35.3 Å². The topological polar surface area (TPSA) is 83.9 Å². The molecule has 1 aliphatic heterocycles. The first-order valence-electron chi connectivity index (χ1n) is 10.4. The zero-order valence-corrected chi connectivity index (χ0v) is 19.9. The van der Waals surface area contributed by atoms with E-state index in [0.717, 1.165) is 58.9 Å². The molecule has 1 fully saturated rings. The van der Waals surface area contributed by atoms with Crippen LogP contribution in [-0.2, 0) is 7.05 Å². The second-order valence-corrected chi connectivity index (χ2v) is 9.32. The summed E-state index contributed by atoms with van der Waals surface area (Å²) in [5.74, 6) is 1.17. The van der Waals surface area contributed by atoms with Gasteiger partial charge in [-0.05, 0) is 68.2 Å². The zero-order valence-electron chi connectivity index (χ0n) is 17.5. The molecule has 5 rings (SSSR count). The van der Waals surface area contributed by atoms with Gasteiger partial charge in [-0.3, -0.25) is 4.79 Å². The smallest absolute Gasteiger partial charge is 0.251 e. The number of aryl methyl sites for hydroxylation is 1. The van der Waals surface area contributed by atoms with E-state index in [1.807, 2.05) is 48.0 Å². The molecule has 1 amide bonds. The lowest BCUT2D eigenvalue weighted by Gasteiger charge is -2.22. The highest BCUT2D eigenvalue weighted by Crippen LogP contribution is 2.31. The monoisotopic (exact) mass is 490 g/mol. The molecule has 1 saturated heterocycles. The Morgan fingerprint density at radius 3 is 2.81 bits per heavy atom. The Kier molecular flexibility index (Phi) is 6.85. The van der Waals surface area contributed by atoms with Gasteiger partial charge in [-0.2, -0.15) is 0 Å². The maximum Gasteiger partial charge on any atom is 0.251 e. The molecule has 0 unspecified atom stereocenters. The number of rotatable bonds is 5. The Bertz CT molecular complexity index is 1260. The second kappa shape index (κ2) is 9.62. The van der Waals surface area contributed by atoms with Gasteiger partial charge in [0.05, 0.1) is 21.3 Å². The summed E-state index contributed by atoms with van der Waals surface area (Å²) in [7, 11) is 1.94. The SMILES string of the molecule is Cl.Cn1c(Nc2nc3ccc(Cl)cc3s2)nc2cc(C(=O)NCC3CCNCC3)ccc21. The highest BCUT2D eigenvalue weighted by molar-refractivity contribution is 7.22. The molecule has 0 saturated carbocycles. The molecular formula is C22H24Cl2N6OS. The predicted octanol–water partition coefficient (Wildman–Crippen LogP) is 4.73. The number of fused-ring (bicyclic) bond motifs is 2. The fourth-order valence-electron chi connectivity index (χ4n) is 3.93. The summed E-state index contributed by atoms with van der Waals surface area (Å²) in [5, 5.41) is 11.2. The third-order valence-corrected chi connectivity index (χ3v) is 6.89. The molecule has 2 aromatic carbocycles. The van der Waals surface area contributed by atoms with Crippen molar-refractivity contribution in [2.45, 2.75) is 12.8 Å². The van der Waals surface area contributed by atoms with E-state index in [0.29, 0.717) is 22.5 Å². The lowest BCUT2D eigenvalue weighted by molar-refractivity contribution is 0.0944. The maximum absolute atomic E-state index is 12.6. The average molecular weight is 491 g/mol. The van der Waals surface area contributed by atoms with Crippen LogP contribution in [0.1, 0.15) is 23.2 Å².